The van der Waals surface area contributed by atoms with Gasteiger partial charge in [-0.3, -0.25) is 4.79 Å². The fourth-order valence-corrected chi connectivity index (χ4v) is 3.73. The van der Waals surface area contributed by atoms with Gasteiger partial charge in [0.15, 0.2) is 11.5 Å². The smallest absolute Gasteiger partial charge is 0.317 e. The first-order chi connectivity index (χ1) is 12.6. The third-order valence-electron chi connectivity index (χ3n) is 4.85. The van der Waals surface area contributed by atoms with Gasteiger partial charge in [-0.1, -0.05) is 28.9 Å². The maximum atomic E-state index is 12.8. The molecule has 2 aliphatic heterocycles. The van der Waals surface area contributed by atoms with Crippen molar-refractivity contribution in [3.05, 3.63) is 41.0 Å². The Balaban J connectivity index is 1.48. The molecule has 7 nitrogen and oxygen atoms in total. The van der Waals surface area contributed by atoms with Gasteiger partial charge in [0, 0.05) is 42.8 Å². The normalized spacial score (nSPS) is 20.3. The van der Waals surface area contributed by atoms with Crippen molar-refractivity contribution in [3.63, 3.8) is 0 Å². The van der Waals surface area contributed by atoms with E-state index in [9.17, 15) is 9.59 Å². The van der Waals surface area contributed by atoms with Crippen LogP contribution >= 0.6 is 11.6 Å². The van der Waals surface area contributed by atoms with Crippen LogP contribution in [0.2, 0.25) is 5.02 Å². The molecule has 136 valence electrons. The summed E-state index contributed by atoms with van der Waals surface area (Å²) in [6.07, 6.45) is 1.77. The summed E-state index contributed by atoms with van der Waals surface area (Å²) in [7, 11) is 0. The number of halogens is 1. The minimum Gasteiger partial charge on any atom is -0.355 e. The van der Waals surface area contributed by atoms with Crippen LogP contribution in [0, 0.1) is 0 Å². The lowest BCUT2D eigenvalue weighted by Crippen LogP contribution is -2.50. The molecule has 4 rings (SSSR count). The highest BCUT2D eigenvalue weighted by molar-refractivity contribution is 6.30. The van der Waals surface area contributed by atoms with Gasteiger partial charge in [0.25, 0.3) is 5.91 Å². The molecule has 0 bridgehead atoms. The van der Waals surface area contributed by atoms with Gasteiger partial charge >= 0.3 is 6.03 Å². The van der Waals surface area contributed by atoms with E-state index >= 15 is 0 Å². The van der Waals surface area contributed by atoms with Crippen molar-refractivity contribution >= 4 is 23.5 Å². The third kappa shape index (κ3) is 3.26. The topological polar surface area (TPSA) is 78.7 Å². The molecule has 1 aromatic carbocycles. The minimum absolute atomic E-state index is 0.0472. The van der Waals surface area contributed by atoms with Crippen molar-refractivity contribution in [1.82, 2.24) is 20.3 Å². The predicted octanol–water partition coefficient (Wildman–Crippen LogP) is 2.62. The van der Waals surface area contributed by atoms with Crippen LogP contribution in [0.3, 0.4) is 0 Å². The van der Waals surface area contributed by atoms with Crippen LogP contribution in [0.5, 0.6) is 0 Å². The molecule has 3 heterocycles. The molecule has 0 saturated carbocycles. The number of aromatic nitrogens is 1. The maximum Gasteiger partial charge on any atom is 0.317 e. The van der Waals surface area contributed by atoms with E-state index in [0.29, 0.717) is 37.0 Å². The van der Waals surface area contributed by atoms with Crippen LogP contribution < -0.4 is 5.32 Å². The Hall–Kier alpha value is -2.54. The Labute approximate surface area is 155 Å². The summed E-state index contributed by atoms with van der Waals surface area (Å²) >= 11 is 6.00. The van der Waals surface area contributed by atoms with Crippen LogP contribution in [0.1, 0.15) is 23.3 Å². The summed E-state index contributed by atoms with van der Waals surface area (Å²) in [4.78, 5) is 28.3. The number of nitrogens with one attached hydrogen (secondary N) is 1. The van der Waals surface area contributed by atoms with Gasteiger partial charge in [0.2, 0.25) is 0 Å². The first-order valence-corrected chi connectivity index (χ1v) is 9.06. The number of benzene rings is 1. The van der Waals surface area contributed by atoms with E-state index in [2.05, 4.69) is 10.5 Å². The van der Waals surface area contributed by atoms with Gasteiger partial charge in [-0.25, -0.2) is 4.79 Å². The molecule has 2 aliphatic rings. The predicted molar refractivity (Wildman–Crippen MR) is 96.0 cm³/mol. The highest BCUT2D eigenvalue weighted by Crippen LogP contribution is 2.25. The van der Waals surface area contributed by atoms with E-state index in [4.69, 9.17) is 16.1 Å². The third-order valence-corrected chi connectivity index (χ3v) is 5.09. The molecule has 1 N–H and O–H groups in total. The zero-order valence-corrected chi connectivity index (χ0v) is 14.9. The molecular weight excluding hydrogens is 356 g/mol. The van der Waals surface area contributed by atoms with E-state index in [0.717, 1.165) is 18.4 Å². The number of urea groups is 1. The van der Waals surface area contributed by atoms with Gasteiger partial charge in [0.1, 0.15) is 0 Å². The van der Waals surface area contributed by atoms with Gasteiger partial charge in [-0.15, -0.1) is 0 Å². The van der Waals surface area contributed by atoms with Crippen molar-refractivity contribution in [3.8, 4) is 11.3 Å². The van der Waals surface area contributed by atoms with E-state index in [1.807, 2.05) is 17.0 Å². The second kappa shape index (κ2) is 6.99. The Bertz CT molecular complexity index is 837. The molecular formula is C18H19ClN4O3. The highest BCUT2D eigenvalue weighted by atomic mass is 35.5. The van der Waals surface area contributed by atoms with Crippen molar-refractivity contribution in [2.75, 3.05) is 26.2 Å². The second-order valence-electron chi connectivity index (χ2n) is 6.56. The number of hydrogen-bond donors (Lipinski definition) is 1. The van der Waals surface area contributed by atoms with Crippen LogP contribution in [-0.4, -0.2) is 59.1 Å². The lowest BCUT2D eigenvalue weighted by atomic mass is 10.0. The summed E-state index contributed by atoms with van der Waals surface area (Å²) in [6.45, 7) is 2.53. The number of likely N-dealkylation sites (tertiary alicyclic amines) is 1. The zero-order chi connectivity index (χ0) is 18.1. The lowest BCUT2D eigenvalue weighted by Gasteiger charge is -2.36. The van der Waals surface area contributed by atoms with Crippen molar-refractivity contribution in [1.29, 1.82) is 0 Å². The molecule has 1 atom stereocenters. The molecule has 2 saturated heterocycles. The van der Waals surface area contributed by atoms with Gasteiger partial charge < -0.3 is 19.6 Å². The SMILES string of the molecule is O=C(c1cc(-c2cccc(Cl)c2)on1)N1CCCC(N2CCNC2=O)C1. The summed E-state index contributed by atoms with van der Waals surface area (Å²) < 4.78 is 5.33. The number of hydrogen-bond acceptors (Lipinski definition) is 4. The van der Waals surface area contributed by atoms with Crippen LogP contribution in [0.25, 0.3) is 11.3 Å². The number of carbonyl (C=O) groups excluding carboxylic acids is 2. The van der Waals surface area contributed by atoms with E-state index < -0.39 is 0 Å². The van der Waals surface area contributed by atoms with Gasteiger partial charge in [0.05, 0.1) is 6.04 Å². The molecule has 2 fully saturated rings. The zero-order valence-electron chi connectivity index (χ0n) is 14.2. The molecule has 0 radical (unpaired) electrons. The van der Waals surface area contributed by atoms with Crippen molar-refractivity contribution in [2.45, 2.75) is 18.9 Å². The fraction of sp³-hybridized carbons (Fsp3) is 0.389. The van der Waals surface area contributed by atoms with Crippen LogP contribution in [0.4, 0.5) is 4.79 Å². The standard InChI is InChI=1S/C18H19ClN4O3/c19-13-4-1-3-12(9-13)16-10-15(21-26-16)17(24)22-7-2-5-14(11-22)23-8-6-20-18(23)25/h1,3-4,9-10,14H,2,5-8,11H2,(H,20,25). The average Bonchev–Trinajstić information content (AvgIpc) is 3.30. The van der Waals surface area contributed by atoms with Crippen molar-refractivity contribution in [2.24, 2.45) is 0 Å². The Morgan fingerprint density at radius 2 is 2.19 bits per heavy atom. The van der Waals surface area contributed by atoms with E-state index in [-0.39, 0.29) is 23.7 Å². The fourth-order valence-electron chi connectivity index (χ4n) is 3.54. The molecule has 1 aromatic heterocycles. The quantitative estimate of drug-likeness (QED) is 0.895. The summed E-state index contributed by atoms with van der Waals surface area (Å²) in [5, 5.41) is 7.34. The maximum absolute atomic E-state index is 12.8. The van der Waals surface area contributed by atoms with Crippen LogP contribution in [-0.2, 0) is 0 Å². The number of nitrogens with zero attached hydrogens (tertiary/aromatic N) is 3. The Morgan fingerprint density at radius 3 is 2.96 bits per heavy atom. The molecule has 2 aromatic rings. The Kier molecular flexibility index (Phi) is 4.55. The molecule has 0 spiro atoms. The first kappa shape index (κ1) is 16.9. The summed E-state index contributed by atoms with van der Waals surface area (Å²) in [5.41, 5.74) is 1.04. The molecule has 26 heavy (non-hydrogen) atoms. The Morgan fingerprint density at radius 1 is 1.31 bits per heavy atom. The summed E-state index contributed by atoms with van der Waals surface area (Å²) in [5.74, 6) is 0.328. The van der Waals surface area contributed by atoms with Gasteiger partial charge in [-0.05, 0) is 25.0 Å². The highest BCUT2D eigenvalue weighted by Gasteiger charge is 2.33. The van der Waals surface area contributed by atoms with Crippen molar-refractivity contribution < 1.29 is 14.1 Å². The number of piperidine rings is 1. The number of carbonyl (C=O) groups is 2. The molecule has 8 heteroatoms. The largest absolute Gasteiger partial charge is 0.355 e. The summed E-state index contributed by atoms with van der Waals surface area (Å²) in [6, 6.07) is 8.85. The lowest BCUT2D eigenvalue weighted by molar-refractivity contribution is 0.0624. The van der Waals surface area contributed by atoms with Gasteiger partial charge in [-0.2, -0.15) is 0 Å². The van der Waals surface area contributed by atoms with Crippen LogP contribution in [0.15, 0.2) is 34.9 Å². The second-order valence-corrected chi connectivity index (χ2v) is 7.00. The number of amides is 3. The molecule has 3 amide bonds. The van der Waals surface area contributed by atoms with E-state index in [1.54, 1.807) is 23.1 Å². The monoisotopic (exact) mass is 374 g/mol. The molecule has 0 aliphatic carbocycles. The number of rotatable bonds is 3. The average molecular weight is 375 g/mol. The molecule has 1 unspecified atom stereocenters. The first-order valence-electron chi connectivity index (χ1n) is 8.68. The minimum atomic E-state index is -0.175. The van der Waals surface area contributed by atoms with E-state index in [1.165, 1.54) is 0 Å².